The summed E-state index contributed by atoms with van der Waals surface area (Å²) < 4.78 is 3.74. The average molecular weight is 471 g/mol. The Hall–Kier alpha value is -3.65. The number of aromatic nitrogens is 5. The average Bonchev–Trinajstić information content (AvgIpc) is 3.44. The van der Waals surface area contributed by atoms with E-state index in [1.165, 1.54) is 22.9 Å². The zero-order chi connectivity index (χ0) is 23.8. The number of carbonyl (C=O) groups excluding carboxylic acids is 1. The van der Waals surface area contributed by atoms with Gasteiger partial charge in [-0.2, -0.15) is 5.10 Å². The van der Waals surface area contributed by atoms with Crippen molar-refractivity contribution in [1.29, 1.82) is 0 Å². The number of fused-ring (bicyclic) bond motifs is 3. The Morgan fingerprint density at radius 1 is 1.03 bits per heavy atom. The van der Waals surface area contributed by atoms with Gasteiger partial charge < -0.3 is 5.32 Å². The Balaban J connectivity index is 1.39. The third-order valence-corrected chi connectivity index (χ3v) is 6.94. The third-order valence-electron chi connectivity index (χ3n) is 5.99. The van der Waals surface area contributed by atoms with Crippen LogP contribution in [0.25, 0.3) is 22.4 Å². The van der Waals surface area contributed by atoms with Crippen molar-refractivity contribution < 1.29 is 4.79 Å². The van der Waals surface area contributed by atoms with E-state index in [-0.39, 0.29) is 11.7 Å². The summed E-state index contributed by atoms with van der Waals surface area (Å²) in [7, 11) is 0. The van der Waals surface area contributed by atoms with Gasteiger partial charge in [-0.1, -0.05) is 54.6 Å². The van der Waals surface area contributed by atoms with Crippen LogP contribution in [0.3, 0.4) is 0 Å². The van der Waals surface area contributed by atoms with E-state index in [0.29, 0.717) is 10.8 Å². The fourth-order valence-corrected chi connectivity index (χ4v) is 4.86. The Bertz CT molecular complexity index is 1530. The predicted octanol–water partition coefficient (Wildman–Crippen LogP) is 5.26. The van der Waals surface area contributed by atoms with Crippen LogP contribution in [0.5, 0.6) is 0 Å². The highest BCUT2D eigenvalue weighted by atomic mass is 32.2. The van der Waals surface area contributed by atoms with Crippen LogP contribution in [0.1, 0.15) is 29.2 Å². The summed E-state index contributed by atoms with van der Waals surface area (Å²) in [6, 6.07) is 14.5. The van der Waals surface area contributed by atoms with E-state index in [1.807, 2.05) is 52.5 Å². The van der Waals surface area contributed by atoms with Gasteiger partial charge in [-0.05, 0) is 56.0 Å². The summed E-state index contributed by atoms with van der Waals surface area (Å²) in [5.74, 6) is 0.185. The van der Waals surface area contributed by atoms with Gasteiger partial charge in [0.2, 0.25) is 5.91 Å². The van der Waals surface area contributed by atoms with E-state index in [9.17, 15) is 4.79 Å². The molecule has 8 heteroatoms. The lowest BCUT2D eigenvalue weighted by molar-refractivity contribution is -0.113. The smallest absolute Gasteiger partial charge is 0.234 e. The van der Waals surface area contributed by atoms with Gasteiger partial charge in [-0.15, -0.1) is 10.2 Å². The largest absolute Gasteiger partial charge is 0.325 e. The molecule has 34 heavy (non-hydrogen) atoms. The van der Waals surface area contributed by atoms with Crippen molar-refractivity contribution in [3.8, 4) is 11.3 Å². The Kier molecular flexibility index (Phi) is 5.83. The lowest BCUT2D eigenvalue weighted by atomic mass is 10.0. The van der Waals surface area contributed by atoms with Crippen LogP contribution < -0.4 is 5.32 Å². The molecule has 0 saturated heterocycles. The standard InChI is InChI=1S/C26H26N6OS/c1-5-19-8-6-7-18(4)24(19)27-23(33)15-34-26-29-28-25-22-14-21(30-32(22)12-11-31(25)26)20-13-16(2)9-10-17(20)3/h6-14H,5,15H2,1-4H3,(H,27,33). The molecule has 0 atom stereocenters. The number of aryl methyl sites for hydroxylation is 4. The summed E-state index contributed by atoms with van der Waals surface area (Å²) in [6.45, 7) is 8.27. The molecule has 0 unspecified atom stereocenters. The van der Waals surface area contributed by atoms with Gasteiger partial charge in [0.25, 0.3) is 0 Å². The molecule has 0 fully saturated rings. The van der Waals surface area contributed by atoms with Crippen molar-refractivity contribution in [1.82, 2.24) is 24.2 Å². The Morgan fingerprint density at radius 2 is 1.88 bits per heavy atom. The lowest BCUT2D eigenvalue weighted by Gasteiger charge is -2.12. The number of amides is 1. The minimum atomic E-state index is -0.0617. The maximum absolute atomic E-state index is 12.7. The first kappa shape index (κ1) is 22.2. The summed E-state index contributed by atoms with van der Waals surface area (Å²) in [5.41, 5.74) is 9.05. The molecule has 0 saturated carbocycles. The molecule has 172 valence electrons. The van der Waals surface area contributed by atoms with Crippen molar-refractivity contribution in [2.45, 2.75) is 39.3 Å². The minimum absolute atomic E-state index is 0.0617. The van der Waals surface area contributed by atoms with Crippen molar-refractivity contribution in [2.75, 3.05) is 11.1 Å². The highest BCUT2D eigenvalue weighted by molar-refractivity contribution is 7.99. The van der Waals surface area contributed by atoms with Crippen molar-refractivity contribution in [3.05, 3.63) is 77.1 Å². The molecular weight excluding hydrogens is 444 g/mol. The number of para-hydroxylation sites is 1. The molecule has 5 aromatic rings. The first-order valence-electron chi connectivity index (χ1n) is 11.3. The van der Waals surface area contributed by atoms with E-state index < -0.39 is 0 Å². The van der Waals surface area contributed by atoms with Crippen molar-refractivity contribution in [3.63, 3.8) is 0 Å². The second-order valence-corrected chi connectivity index (χ2v) is 9.39. The number of carbonyl (C=O) groups is 1. The zero-order valence-corrected chi connectivity index (χ0v) is 20.5. The van der Waals surface area contributed by atoms with Gasteiger partial charge in [0.1, 0.15) is 5.52 Å². The molecule has 3 aromatic heterocycles. The van der Waals surface area contributed by atoms with Crippen LogP contribution in [0.2, 0.25) is 0 Å². The molecule has 3 heterocycles. The van der Waals surface area contributed by atoms with Crippen LogP contribution in [-0.2, 0) is 11.2 Å². The molecule has 1 N–H and O–H groups in total. The highest BCUT2D eigenvalue weighted by Crippen LogP contribution is 2.27. The molecule has 2 aromatic carbocycles. The second kappa shape index (κ2) is 8.95. The van der Waals surface area contributed by atoms with Crippen LogP contribution >= 0.6 is 11.8 Å². The number of nitrogens with zero attached hydrogens (tertiary/aromatic N) is 5. The van der Waals surface area contributed by atoms with Gasteiger partial charge in [0, 0.05) is 23.6 Å². The summed E-state index contributed by atoms with van der Waals surface area (Å²) in [4.78, 5) is 12.7. The van der Waals surface area contributed by atoms with E-state index in [4.69, 9.17) is 5.10 Å². The van der Waals surface area contributed by atoms with E-state index in [0.717, 1.165) is 40.0 Å². The van der Waals surface area contributed by atoms with E-state index >= 15 is 0 Å². The van der Waals surface area contributed by atoms with Crippen LogP contribution in [0.15, 0.2) is 60.0 Å². The first-order valence-corrected chi connectivity index (χ1v) is 12.2. The number of anilines is 1. The van der Waals surface area contributed by atoms with E-state index in [2.05, 4.69) is 54.5 Å². The van der Waals surface area contributed by atoms with Gasteiger partial charge in [-0.25, -0.2) is 4.52 Å². The molecule has 1 amide bonds. The van der Waals surface area contributed by atoms with Gasteiger partial charge >= 0.3 is 0 Å². The molecule has 0 spiro atoms. The molecular formula is C26H26N6OS. The normalized spacial score (nSPS) is 11.4. The number of benzene rings is 2. The van der Waals surface area contributed by atoms with Crippen LogP contribution in [-0.4, -0.2) is 35.9 Å². The summed E-state index contributed by atoms with van der Waals surface area (Å²) >= 11 is 1.37. The third kappa shape index (κ3) is 4.05. The number of thioether (sulfide) groups is 1. The van der Waals surface area contributed by atoms with Gasteiger partial charge in [0.05, 0.1) is 11.4 Å². The predicted molar refractivity (Wildman–Crippen MR) is 137 cm³/mol. The number of rotatable bonds is 6. The zero-order valence-electron chi connectivity index (χ0n) is 19.7. The fraction of sp³-hybridized carbons (Fsp3) is 0.231. The quantitative estimate of drug-likeness (QED) is 0.343. The van der Waals surface area contributed by atoms with Crippen LogP contribution in [0, 0.1) is 20.8 Å². The minimum Gasteiger partial charge on any atom is -0.325 e. The highest BCUT2D eigenvalue weighted by Gasteiger charge is 2.16. The number of hydrogen-bond donors (Lipinski definition) is 1. The summed E-state index contributed by atoms with van der Waals surface area (Å²) in [5, 5.41) is 17.2. The Labute approximate surface area is 202 Å². The molecule has 7 nitrogen and oxygen atoms in total. The molecule has 0 aliphatic carbocycles. The number of hydrogen-bond acceptors (Lipinski definition) is 5. The van der Waals surface area contributed by atoms with E-state index in [1.54, 1.807) is 0 Å². The first-order chi connectivity index (χ1) is 16.4. The Morgan fingerprint density at radius 3 is 2.71 bits per heavy atom. The lowest BCUT2D eigenvalue weighted by Crippen LogP contribution is -2.16. The van der Waals surface area contributed by atoms with Crippen molar-refractivity contribution >= 4 is 34.5 Å². The topological polar surface area (TPSA) is 76.6 Å². The van der Waals surface area contributed by atoms with Gasteiger partial charge in [0.15, 0.2) is 10.8 Å². The fourth-order valence-electron chi connectivity index (χ4n) is 4.14. The molecule has 0 aliphatic rings. The molecule has 5 rings (SSSR count). The second-order valence-electron chi connectivity index (χ2n) is 8.45. The maximum Gasteiger partial charge on any atom is 0.234 e. The van der Waals surface area contributed by atoms with Crippen molar-refractivity contribution in [2.24, 2.45) is 0 Å². The molecule has 0 aliphatic heterocycles. The summed E-state index contributed by atoms with van der Waals surface area (Å²) in [6.07, 6.45) is 4.65. The molecule has 0 radical (unpaired) electrons. The SMILES string of the molecule is CCc1cccc(C)c1NC(=O)CSc1nnc2c3cc(-c4cc(C)ccc4C)nn3ccn12. The maximum atomic E-state index is 12.7. The molecule has 0 bridgehead atoms. The van der Waals surface area contributed by atoms with Crippen LogP contribution in [0.4, 0.5) is 5.69 Å². The number of nitrogens with one attached hydrogen (secondary N) is 1. The monoisotopic (exact) mass is 470 g/mol. The van der Waals surface area contributed by atoms with Gasteiger partial charge in [-0.3, -0.25) is 9.20 Å².